The Balaban J connectivity index is 1.20. The van der Waals surface area contributed by atoms with Crippen molar-refractivity contribution in [2.75, 3.05) is 26.2 Å². The number of aliphatic hydroxyl groups excluding tert-OH is 1. The molecule has 6 nitrogen and oxygen atoms in total. The van der Waals surface area contributed by atoms with Crippen molar-refractivity contribution in [2.45, 2.75) is 44.2 Å². The first kappa shape index (κ1) is 20.2. The Kier molecular flexibility index (Phi) is 5.74. The number of hydrogen-bond acceptors (Lipinski definition) is 5. The molecule has 0 spiro atoms. The molecule has 162 valence electrons. The van der Waals surface area contributed by atoms with Gasteiger partial charge in [-0.1, -0.05) is 47.6 Å². The maximum atomic E-state index is 12.7. The molecule has 2 aliphatic rings. The Morgan fingerprint density at radius 3 is 2.71 bits per heavy atom. The van der Waals surface area contributed by atoms with Crippen molar-refractivity contribution in [1.82, 2.24) is 15.0 Å². The van der Waals surface area contributed by atoms with Crippen LogP contribution in [0.5, 0.6) is 0 Å². The van der Waals surface area contributed by atoms with E-state index < -0.39 is 6.10 Å². The molecule has 2 saturated heterocycles. The number of carbonyl (C=O) groups excluding carboxylic acids is 1. The second kappa shape index (κ2) is 8.81. The van der Waals surface area contributed by atoms with Crippen molar-refractivity contribution >= 4 is 16.7 Å². The molecule has 2 fully saturated rings. The Morgan fingerprint density at radius 1 is 1.06 bits per heavy atom. The molecule has 0 aliphatic carbocycles. The summed E-state index contributed by atoms with van der Waals surface area (Å²) in [6.07, 6.45) is 3.15. The minimum atomic E-state index is -0.439. The first-order valence-corrected chi connectivity index (χ1v) is 11.3. The third-order valence-corrected chi connectivity index (χ3v) is 6.70. The van der Waals surface area contributed by atoms with Gasteiger partial charge in [-0.25, -0.2) is 0 Å². The van der Waals surface area contributed by atoms with Crippen molar-refractivity contribution in [3.8, 4) is 0 Å². The molecule has 5 rings (SSSR count). The van der Waals surface area contributed by atoms with Gasteiger partial charge in [-0.2, -0.15) is 0 Å². The highest BCUT2D eigenvalue weighted by Crippen LogP contribution is 2.30. The van der Waals surface area contributed by atoms with E-state index in [1.54, 1.807) is 4.90 Å². The molecule has 2 aromatic carbocycles. The normalized spacial score (nSPS) is 20.9. The minimum absolute atomic E-state index is 0.161. The first-order chi connectivity index (χ1) is 15.2. The van der Waals surface area contributed by atoms with Crippen molar-refractivity contribution in [3.05, 3.63) is 65.5 Å². The number of fused-ring (bicyclic) bond motifs is 1. The predicted molar refractivity (Wildman–Crippen MR) is 119 cm³/mol. The van der Waals surface area contributed by atoms with Gasteiger partial charge >= 0.3 is 0 Å². The zero-order valence-corrected chi connectivity index (χ0v) is 17.7. The van der Waals surface area contributed by atoms with Gasteiger partial charge in [0.25, 0.3) is 5.91 Å². The number of rotatable bonds is 4. The monoisotopic (exact) mass is 419 g/mol. The van der Waals surface area contributed by atoms with E-state index in [1.807, 2.05) is 6.07 Å². The van der Waals surface area contributed by atoms with Gasteiger partial charge in [-0.3, -0.25) is 9.69 Å². The number of piperidine rings is 2. The van der Waals surface area contributed by atoms with Crippen LogP contribution < -0.4 is 0 Å². The van der Waals surface area contributed by atoms with E-state index in [0.29, 0.717) is 24.8 Å². The van der Waals surface area contributed by atoms with Crippen LogP contribution in [-0.4, -0.2) is 58.3 Å². The first-order valence-electron chi connectivity index (χ1n) is 11.3. The summed E-state index contributed by atoms with van der Waals surface area (Å²) < 4.78 is 5.40. The molecule has 2 aliphatic heterocycles. The van der Waals surface area contributed by atoms with Gasteiger partial charge < -0.3 is 14.5 Å². The summed E-state index contributed by atoms with van der Waals surface area (Å²) in [5.74, 6) is 0.453. The van der Waals surface area contributed by atoms with Gasteiger partial charge in [0, 0.05) is 31.6 Å². The van der Waals surface area contributed by atoms with E-state index in [9.17, 15) is 9.90 Å². The molecule has 1 amide bonds. The summed E-state index contributed by atoms with van der Waals surface area (Å²) in [5, 5.41) is 16.7. The zero-order valence-electron chi connectivity index (χ0n) is 17.7. The number of likely N-dealkylation sites (tertiary alicyclic amines) is 2. The van der Waals surface area contributed by atoms with Crippen LogP contribution in [0.25, 0.3) is 10.8 Å². The topological polar surface area (TPSA) is 69.8 Å². The molecule has 0 radical (unpaired) electrons. The summed E-state index contributed by atoms with van der Waals surface area (Å²) in [5.41, 5.74) is 2.25. The number of hydrogen-bond donors (Lipinski definition) is 1. The molecular weight excluding hydrogens is 390 g/mol. The molecule has 1 atom stereocenters. The summed E-state index contributed by atoms with van der Waals surface area (Å²) in [7, 11) is 0. The Hall–Kier alpha value is -2.70. The van der Waals surface area contributed by atoms with Crippen LogP contribution in [-0.2, 0) is 6.54 Å². The second-order valence-electron chi connectivity index (χ2n) is 8.85. The zero-order chi connectivity index (χ0) is 21.2. The molecule has 1 N–H and O–H groups in total. The summed E-state index contributed by atoms with van der Waals surface area (Å²) in [4.78, 5) is 16.8. The van der Waals surface area contributed by atoms with Crippen LogP contribution in [0.3, 0.4) is 0 Å². The lowest BCUT2D eigenvalue weighted by Crippen LogP contribution is -2.42. The fourth-order valence-electron chi connectivity index (χ4n) is 4.94. The predicted octanol–water partition coefficient (Wildman–Crippen LogP) is 3.80. The van der Waals surface area contributed by atoms with E-state index in [1.165, 1.54) is 16.3 Å². The molecule has 31 heavy (non-hydrogen) atoms. The van der Waals surface area contributed by atoms with E-state index >= 15 is 0 Å². The Labute approximate surface area is 182 Å². The van der Waals surface area contributed by atoms with E-state index in [0.717, 1.165) is 51.0 Å². The molecule has 0 bridgehead atoms. The lowest BCUT2D eigenvalue weighted by molar-refractivity contribution is 0.0441. The van der Waals surface area contributed by atoms with Crippen LogP contribution in [0.1, 0.15) is 53.4 Å². The number of aromatic nitrogens is 1. The quantitative estimate of drug-likeness (QED) is 0.697. The van der Waals surface area contributed by atoms with E-state index in [-0.39, 0.29) is 5.91 Å². The smallest absolute Gasteiger partial charge is 0.292 e. The molecule has 1 aromatic heterocycles. The van der Waals surface area contributed by atoms with Gasteiger partial charge in [0.05, 0.1) is 11.8 Å². The molecule has 6 heteroatoms. The van der Waals surface area contributed by atoms with Gasteiger partial charge in [0.1, 0.15) is 0 Å². The lowest BCUT2D eigenvalue weighted by Gasteiger charge is -2.31. The summed E-state index contributed by atoms with van der Waals surface area (Å²) >= 11 is 0. The third-order valence-electron chi connectivity index (χ3n) is 6.70. The molecule has 0 unspecified atom stereocenters. The molecule has 0 saturated carbocycles. The summed E-state index contributed by atoms with van der Waals surface area (Å²) in [6, 6.07) is 16.9. The maximum Gasteiger partial charge on any atom is 0.292 e. The fourth-order valence-corrected chi connectivity index (χ4v) is 4.94. The minimum Gasteiger partial charge on any atom is -0.391 e. The van der Waals surface area contributed by atoms with Crippen molar-refractivity contribution in [3.63, 3.8) is 0 Å². The van der Waals surface area contributed by atoms with Gasteiger partial charge in [0.15, 0.2) is 0 Å². The van der Waals surface area contributed by atoms with Gasteiger partial charge in [0.2, 0.25) is 5.76 Å². The van der Waals surface area contributed by atoms with Crippen molar-refractivity contribution in [1.29, 1.82) is 0 Å². The van der Waals surface area contributed by atoms with E-state index in [4.69, 9.17) is 4.52 Å². The van der Waals surface area contributed by atoms with Crippen LogP contribution in [0.2, 0.25) is 0 Å². The second-order valence-corrected chi connectivity index (χ2v) is 8.85. The van der Waals surface area contributed by atoms with E-state index in [2.05, 4.69) is 52.5 Å². The largest absolute Gasteiger partial charge is 0.391 e. The summed E-state index contributed by atoms with van der Waals surface area (Å²) in [6.45, 7) is 4.00. The highest BCUT2D eigenvalue weighted by Gasteiger charge is 2.28. The number of nitrogens with zero attached hydrogens (tertiary/aromatic N) is 3. The highest BCUT2D eigenvalue weighted by molar-refractivity contribution is 5.91. The average molecular weight is 420 g/mol. The van der Waals surface area contributed by atoms with Gasteiger partial charge in [-0.15, -0.1) is 0 Å². The number of aliphatic hydroxyl groups is 1. The maximum absolute atomic E-state index is 12.7. The Bertz CT molecular complexity index is 1050. The fraction of sp³-hybridized carbons (Fsp3) is 0.440. The van der Waals surface area contributed by atoms with Crippen molar-refractivity contribution in [2.24, 2.45) is 0 Å². The third kappa shape index (κ3) is 4.36. The lowest BCUT2D eigenvalue weighted by atomic mass is 9.93. The van der Waals surface area contributed by atoms with Crippen LogP contribution in [0, 0.1) is 0 Å². The molecule has 3 aromatic rings. The highest BCUT2D eigenvalue weighted by atomic mass is 16.5. The van der Waals surface area contributed by atoms with Gasteiger partial charge in [-0.05, 0) is 55.1 Å². The standard InChI is InChI=1S/C25H29N3O3/c29-21-8-4-12-28(17-21)25(30)24-15-23(26-31-24)19-10-13-27(14-11-19)16-20-7-3-6-18-5-1-2-9-22(18)20/h1-3,5-7,9,15,19,21,29H,4,8,10-14,16-17H2/t21-/m0/s1. The number of β-amino-alcohol motifs (C(OH)–C–C–N with tert-alkyl or cyclic N) is 1. The number of amides is 1. The average Bonchev–Trinajstić information content (AvgIpc) is 3.30. The molecular formula is C25H29N3O3. The Morgan fingerprint density at radius 2 is 1.87 bits per heavy atom. The SMILES string of the molecule is O=C(c1cc(C2CCN(Cc3cccc4ccccc34)CC2)no1)N1CCC[C@H](O)C1. The van der Waals surface area contributed by atoms with Crippen molar-refractivity contribution < 1.29 is 14.4 Å². The van der Waals surface area contributed by atoms with Crippen LogP contribution in [0.15, 0.2) is 53.1 Å². The molecule has 3 heterocycles. The number of carbonyl (C=O) groups is 1. The van der Waals surface area contributed by atoms with Crippen LogP contribution in [0.4, 0.5) is 0 Å². The van der Waals surface area contributed by atoms with Crippen LogP contribution >= 0.6 is 0 Å². The number of benzene rings is 2.